The molecule has 3 aromatic rings. The van der Waals surface area contributed by atoms with Crippen LogP contribution in [0, 0.1) is 0 Å². The smallest absolute Gasteiger partial charge is 0.343 e. The number of carbonyl (C=O) groups is 3. The highest BCUT2D eigenvalue weighted by Gasteiger charge is 2.24. The zero-order valence-electron chi connectivity index (χ0n) is 23.2. The van der Waals surface area contributed by atoms with E-state index in [1.54, 1.807) is 48.5 Å². The van der Waals surface area contributed by atoms with E-state index in [9.17, 15) is 14.4 Å². The SMILES string of the molecule is CCCCCOC(=O)c1cc(OC(=O)c2ccc(OCC3CO3)cc2)ccc1OC(=O)c1ccc(OCC2CO2)cc1. The van der Waals surface area contributed by atoms with Crippen molar-refractivity contribution in [3.8, 4) is 23.0 Å². The average Bonchev–Trinajstić information content (AvgIpc) is 3.94. The van der Waals surface area contributed by atoms with Crippen LogP contribution in [0.3, 0.4) is 0 Å². The van der Waals surface area contributed by atoms with Crippen molar-refractivity contribution in [2.75, 3.05) is 33.0 Å². The largest absolute Gasteiger partial charge is 0.491 e. The summed E-state index contributed by atoms with van der Waals surface area (Å²) in [5.74, 6) is -0.725. The Morgan fingerprint density at radius 1 is 0.690 bits per heavy atom. The van der Waals surface area contributed by atoms with E-state index in [0.717, 1.165) is 12.8 Å². The molecule has 2 saturated heterocycles. The summed E-state index contributed by atoms with van der Waals surface area (Å²) in [6.45, 7) is 4.52. The molecule has 0 aliphatic carbocycles. The van der Waals surface area contributed by atoms with Crippen LogP contribution < -0.4 is 18.9 Å². The number of benzene rings is 3. The third-order valence-electron chi connectivity index (χ3n) is 6.42. The third kappa shape index (κ3) is 8.55. The minimum absolute atomic E-state index is 0.0207. The molecule has 0 saturated carbocycles. The highest BCUT2D eigenvalue weighted by atomic mass is 16.6. The fourth-order valence-corrected chi connectivity index (χ4v) is 3.82. The monoisotopic (exact) mass is 576 g/mol. The molecule has 2 fully saturated rings. The van der Waals surface area contributed by atoms with Crippen LogP contribution in [0.4, 0.5) is 0 Å². The summed E-state index contributed by atoms with van der Waals surface area (Å²) >= 11 is 0. The molecule has 0 amide bonds. The van der Waals surface area contributed by atoms with Gasteiger partial charge in [-0.15, -0.1) is 0 Å². The molecule has 10 heteroatoms. The van der Waals surface area contributed by atoms with Gasteiger partial charge in [-0.05, 0) is 73.2 Å². The van der Waals surface area contributed by atoms with Crippen LogP contribution in [0.15, 0.2) is 66.7 Å². The maximum Gasteiger partial charge on any atom is 0.343 e. The summed E-state index contributed by atoms with van der Waals surface area (Å²) in [7, 11) is 0. The molecule has 0 bridgehead atoms. The number of unbranched alkanes of at least 4 members (excludes halogenated alkanes) is 2. The number of hydrogen-bond donors (Lipinski definition) is 0. The summed E-state index contributed by atoms with van der Waals surface area (Å²) in [6, 6.07) is 17.1. The Hall–Kier alpha value is -4.41. The summed E-state index contributed by atoms with van der Waals surface area (Å²) < 4.78 is 37.9. The quantitative estimate of drug-likeness (QED) is 0.105. The predicted molar refractivity (Wildman–Crippen MR) is 150 cm³/mol. The first-order valence-corrected chi connectivity index (χ1v) is 13.9. The van der Waals surface area contributed by atoms with Gasteiger partial charge in [-0.25, -0.2) is 14.4 Å². The van der Waals surface area contributed by atoms with Crippen molar-refractivity contribution in [2.45, 2.75) is 38.4 Å². The van der Waals surface area contributed by atoms with Crippen LogP contribution in [-0.2, 0) is 14.2 Å². The lowest BCUT2D eigenvalue weighted by atomic mass is 10.1. The van der Waals surface area contributed by atoms with Gasteiger partial charge in [0.25, 0.3) is 0 Å². The Kier molecular flexibility index (Phi) is 9.68. The fourth-order valence-electron chi connectivity index (χ4n) is 3.82. The second-order valence-electron chi connectivity index (χ2n) is 9.86. The molecular formula is C32H32O10. The van der Waals surface area contributed by atoms with Crippen molar-refractivity contribution < 1.29 is 47.5 Å². The molecule has 42 heavy (non-hydrogen) atoms. The van der Waals surface area contributed by atoms with Crippen LogP contribution in [0.25, 0.3) is 0 Å². The van der Waals surface area contributed by atoms with Crippen molar-refractivity contribution in [1.29, 1.82) is 0 Å². The molecule has 5 rings (SSSR count). The molecule has 0 radical (unpaired) electrons. The number of ether oxygens (including phenoxy) is 7. The molecule has 0 aromatic heterocycles. The average molecular weight is 577 g/mol. The summed E-state index contributed by atoms with van der Waals surface area (Å²) in [5.41, 5.74) is 0.516. The summed E-state index contributed by atoms with van der Waals surface area (Å²) in [5, 5.41) is 0. The number of carbonyl (C=O) groups excluding carboxylic acids is 3. The Morgan fingerprint density at radius 2 is 1.21 bits per heavy atom. The predicted octanol–water partition coefficient (Wildman–Crippen LogP) is 5.03. The van der Waals surface area contributed by atoms with Gasteiger partial charge in [0.15, 0.2) is 0 Å². The lowest BCUT2D eigenvalue weighted by molar-refractivity contribution is 0.0490. The Balaban J connectivity index is 1.25. The lowest BCUT2D eigenvalue weighted by Crippen LogP contribution is -2.15. The van der Waals surface area contributed by atoms with Crippen molar-refractivity contribution in [3.05, 3.63) is 83.4 Å². The molecule has 2 aliphatic rings. The van der Waals surface area contributed by atoms with Gasteiger partial charge in [0.1, 0.15) is 54.0 Å². The number of esters is 3. The van der Waals surface area contributed by atoms with E-state index in [2.05, 4.69) is 0 Å². The summed E-state index contributed by atoms with van der Waals surface area (Å²) in [6.07, 6.45) is 2.80. The van der Waals surface area contributed by atoms with Gasteiger partial charge in [0, 0.05) is 0 Å². The zero-order chi connectivity index (χ0) is 29.3. The van der Waals surface area contributed by atoms with Crippen molar-refractivity contribution in [3.63, 3.8) is 0 Å². The Labute approximate surface area is 243 Å². The van der Waals surface area contributed by atoms with Gasteiger partial charge >= 0.3 is 17.9 Å². The van der Waals surface area contributed by atoms with Crippen molar-refractivity contribution in [1.82, 2.24) is 0 Å². The van der Waals surface area contributed by atoms with Gasteiger partial charge < -0.3 is 33.2 Å². The van der Waals surface area contributed by atoms with Crippen molar-refractivity contribution >= 4 is 17.9 Å². The first-order valence-electron chi connectivity index (χ1n) is 13.9. The van der Waals surface area contributed by atoms with Crippen molar-refractivity contribution in [2.24, 2.45) is 0 Å². The van der Waals surface area contributed by atoms with Crippen LogP contribution in [-0.4, -0.2) is 63.2 Å². The van der Waals surface area contributed by atoms with Crippen LogP contribution in [0.2, 0.25) is 0 Å². The molecule has 0 N–H and O–H groups in total. The number of rotatable bonds is 15. The van der Waals surface area contributed by atoms with Crippen LogP contribution in [0.1, 0.15) is 57.3 Å². The first-order chi connectivity index (χ1) is 20.5. The minimum atomic E-state index is -0.695. The molecule has 10 nitrogen and oxygen atoms in total. The first kappa shape index (κ1) is 29.1. The van der Waals surface area contributed by atoms with E-state index < -0.39 is 17.9 Å². The van der Waals surface area contributed by atoms with Gasteiger partial charge in [-0.3, -0.25) is 0 Å². The van der Waals surface area contributed by atoms with Gasteiger partial charge in [-0.2, -0.15) is 0 Å². The Bertz CT molecular complexity index is 1380. The number of epoxide rings is 2. The Morgan fingerprint density at radius 3 is 1.74 bits per heavy atom. The van der Waals surface area contributed by atoms with E-state index in [1.165, 1.54) is 18.2 Å². The number of hydrogen-bond acceptors (Lipinski definition) is 10. The molecule has 220 valence electrons. The molecule has 3 aromatic carbocycles. The topological polar surface area (TPSA) is 122 Å². The van der Waals surface area contributed by atoms with E-state index in [1.807, 2.05) is 6.92 Å². The second kappa shape index (κ2) is 14.0. The third-order valence-corrected chi connectivity index (χ3v) is 6.42. The highest BCUT2D eigenvalue weighted by molar-refractivity contribution is 5.97. The standard InChI is InChI=1S/C32H32O10/c1-2-3-4-15-36-32(35)28-16-25(41-30(33)21-5-9-23(10-6-21)37-17-26-19-39-26)13-14-29(28)42-31(34)22-7-11-24(12-8-22)38-18-27-20-40-27/h5-14,16,26-27H,2-4,15,17-20H2,1H3. The normalized spacial score (nSPS) is 16.7. The molecule has 2 atom stereocenters. The second-order valence-corrected chi connectivity index (χ2v) is 9.86. The van der Waals surface area contributed by atoms with Gasteiger partial charge in [0.05, 0.1) is 30.9 Å². The van der Waals surface area contributed by atoms with Gasteiger partial charge in [0.2, 0.25) is 0 Å². The van der Waals surface area contributed by atoms with E-state index >= 15 is 0 Å². The molecule has 2 unspecified atom stereocenters. The van der Waals surface area contributed by atoms with E-state index in [4.69, 9.17) is 33.2 Å². The zero-order valence-corrected chi connectivity index (χ0v) is 23.2. The molecule has 2 heterocycles. The maximum absolute atomic E-state index is 13.0. The van der Waals surface area contributed by atoms with Crippen LogP contribution in [0.5, 0.6) is 23.0 Å². The van der Waals surface area contributed by atoms with E-state index in [0.29, 0.717) is 49.9 Å². The molecular weight excluding hydrogens is 544 g/mol. The molecule has 2 aliphatic heterocycles. The summed E-state index contributed by atoms with van der Waals surface area (Å²) in [4.78, 5) is 38.7. The van der Waals surface area contributed by atoms with E-state index in [-0.39, 0.29) is 41.4 Å². The highest BCUT2D eigenvalue weighted by Crippen LogP contribution is 2.28. The molecule has 0 spiro atoms. The maximum atomic E-state index is 13.0. The fraction of sp³-hybridized carbons (Fsp3) is 0.344. The minimum Gasteiger partial charge on any atom is -0.491 e. The lowest BCUT2D eigenvalue weighted by Gasteiger charge is -2.13. The van der Waals surface area contributed by atoms with Gasteiger partial charge in [-0.1, -0.05) is 19.8 Å². The van der Waals surface area contributed by atoms with Crippen LogP contribution >= 0.6 is 0 Å².